The predicted molar refractivity (Wildman–Crippen MR) is 72.3 cm³/mol. The number of hydrogen-bond donors (Lipinski definition) is 0. The van der Waals surface area contributed by atoms with Gasteiger partial charge in [-0.05, 0) is 56.9 Å². The van der Waals surface area contributed by atoms with E-state index in [-0.39, 0.29) is 17.0 Å². The van der Waals surface area contributed by atoms with Crippen LogP contribution in [0.2, 0.25) is 0 Å². The van der Waals surface area contributed by atoms with Crippen molar-refractivity contribution in [3.8, 4) is 0 Å². The number of hydrogen-bond acceptors (Lipinski definition) is 0. The molecule has 0 atom stereocenters. The molecule has 1 nitrogen and oxygen atoms in total. The van der Waals surface area contributed by atoms with Crippen molar-refractivity contribution >= 4 is 0 Å². The molecule has 0 amide bonds. The van der Waals surface area contributed by atoms with E-state index in [0.29, 0.717) is 5.54 Å². The molecule has 0 N–H and O–H groups in total. The molecule has 4 saturated carbocycles. The van der Waals surface area contributed by atoms with Crippen LogP contribution in [0.4, 0.5) is 0 Å². The van der Waals surface area contributed by atoms with Gasteiger partial charge in [0, 0.05) is 30.4 Å². The van der Waals surface area contributed by atoms with Gasteiger partial charge in [-0.2, -0.15) is 4.57 Å². The van der Waals surface area contributed by atoms with Crippen LogP contribution in [0.25, 0.3) is 0 Å². The zero-order valence-electron chi connectivity index (χ0n) is 12.0. The standard InChI is InChI=1S/C17H24N.BrH/c1-12-3-13(2)11-18(10-12)17-7-14-4-15(8-17)6-16(5-14)9-17;/h3,10-11,14-16H,4-9H2,1-2H3;1H/q+1;/p-1. The molecule has 0 aromatic carbocycles. The third-order valence-corrected chi connectivity index (χ3v) is 5.69. The van der Waals surface area contributed by atoms with E-state index in [1.165, 1.54) is 49.7 Å². The van der Waals surface area contributed by atoms with Crippen molar-refractivity contribution in [3.63, 3.8) is 0 Å². The summed E-state index contributed by atoms with van der Waals surface area (Å²) in [6.45, 7) is 4.48. The van der Waals surface area contributed by atoms with Crippen LogP contribution in [0, 0.1) is 31.6 Å². The number of aromatic nitrogens is 1. The largest absolute Gasteiger partial charge is 1.00 e. The highest BCUT2D eigenvalue weighted by molar-refractivity contribution is 5.12. The summed E-state index contributed by atoms with van der Waals surface area (Å²) in [6, 6.07) is 2.30. The Hall–Kier alpha value is -0.370. The minimum absolute atomic E-state index is 0. The van der Waals surface area contributed by atoms with Crippen molar-refractivity contribution < 1.29 is 21.5 Å². The minimum atomic E-state index is 0. The third-order valence-electron chi connectivity index (χ3n) is 5.69. The number of aryl methyl sites for hydroxylation is 2. The normalized spacial score (nSPS) is 39.2. The molecule has 1 aromatic rings. The Morgan fingerprint density at radius 2 is 1.32 bits per heavy atom. The average Bonchev–Trinajstić information content (AvgIpc) is 2.25. The van der Waals surface area contributed by atoms with Gasteiger partial charge in [0.05, 0.1) is 0 Å². The summed E-state index contributed by atoms with van der Waals surface area (Å²) in [5, 5.41) is 0. The molecule has 0 saturated heterocycles. The molecule has 0 aliphatic heterocycles. The molecule has 4 bridgehead atoms. The molecule has 2 heteroatoms. The first-order chi connectivity index (χ1) is 8.63. The van der Waals surface area contributed by atoms with Crippen molar-refractivity contribution in [2.24, 2.45) is 17.8 Å². The first-order valence-electron chi connectivity index (χ1n) is 7.63. The van der Waals surface area contributed by atoms with E-state index >= 15 is 0 Å². The second-order valence-electron chi connectivity index (χ2n) is 7.44. The number of halogens is 1. The summed E-state index contributed by atoms with van der Waals surface area (Å²) in [5.41, 5.74) is 3.34. The fraction of sp³-hybridized carbons (Fsp3) is 0.706. The Morgan fingerprint density at radius 1 is 0.895 bits per heavy atom. The molecular weight excluding hydrogens is 298 g/mol. The smallest absolute Gasteiger partial charge is 0.172 e. The zero-order valence-corrected chi connectivity index (χ0v) is 13.6. The summed E-state index contributed by atoms with van der Waals surface area (Å²) in [5.74, 6) is 3.10. The van der Waals surface area contributed by atoms with Crippen LogP contribution < -0.4 is 21.5 Å². The molecule has 4 aliphatic carbocycles. The number of rotatable bonds is 1. The fourth-order valence-electron chi connectivity index (χ4n) is 5.56. The highest BCUT2D eigenvalue weighted by Gasteiger charge is 2.56. The Labute approximate surface area is 127 Å². The van der Waals surface area contributed by atoms with Gasteiger partial charge in [-0.15, -0.1) is 0 Å². The Morgan fingerprint density at radius 3 is 1.74 bits per heavy atom. The molecular formula is C17H24BrN. The van der Waals surface area contributed by atoms with Gasteiger partial charge >= 0.3 is 0 Å². The summed E-state index contributed by atoms with van der Waals surface area (Å²) >= 11 is 0. The zero-order chi connectivity index (χ0) is 12.3. The lowest BCUT2D eigenvalue weighted by Gasteiger charge is -2.53. The third kappa shape index (κ3) is 2.16. The maximum absolute atomic E-state index is 2.61. The molecule has 1 aromatic heterocycles. The summed E-state index contributed by atoms with van der Waals surface area (Å²) < 4.78 is 2.61. The van der Waals surface area contributed by atoms with Crippen LogP contribution >= 0.6 is 0 Å². The monoisotopic (exact) mass is 321 g/mol. The maximum atomic E-state index is 2.61. The van der Waals surface area contributed by atoms with E-state index in [2.05, 4.69) is 36.9 Å². The quantitative estimate of drug-likeness (QED) is 0.664. The summed E-state index contributed by atoms with van der Waals surface area (Å²) in [4.78, 5) is 0. The van der Waals surface area contributed by atoms with Crippen molar-refractivity contribution in [1.29, 1.82) is 0 Å². The van der Waals surface area contributed by atoms with E-state index in [0.717, 1.165) is 17.8 Å². The molecule has 5 rings (SSSR count). The van der Waals surface area contributed by atoms with Crippen LogP contribution in [-0.4, -0.2) is 0 Å². The lowest BCUT2D eigenvalue weighted by molar-refractivity contribution is -0.777. The SMILES string of the molecule is Cc1cc(C)c[n+](C23CC4CC(CC(C4)C2)C3)c1.[Br-]. The Balaban J connectivity index is 0.00000110. The van der Waals surface area contributed by atoms with Crippen molar-refractivity contribution in [1.82, 2.24) is 0 Å². The van der Waals surface area contributed by atoms with Crippen molar-refractivity contribution in [2.45, 2.75) is 57.9 Å². The Bertz CT molecular complexity index is 439. The lowest BCUT2D eigenvalue weighted by atomic mass is 9.53. The first kappa shape index (κ1) is 13.6. The number of pyridine rings is 1. The van der Waals surface area contributed by atoms with Crippen LogP contribution in [0.5, 0.6) is 0 Å². The van der Waals surface area contributed by atoms with Crippen LogP contribution in [0.15, 0.2) is 18.5 Å². The summed E-state index contributed by atoms with van der Waals surface area (Å²) in [7, 11) is 0. The molecule has 104 valence electrons. The molecule has 0 radical (unpaired) electrons. The first-order valence-corrected chi connectivity index (χ1v) is 7.63. The van der Waals surface area contributed by atoms with Crippen molar-refractivity contribution in [2.75, 3.05) is 0 Å². The van der Waals surface area contributed by atoms with E-state index in [4.69, 9.17) is 0 Å². The van der Waals surface area contributed by atoms with E-state index in [1.54, 1.807) is 0 Å². The molecule has 4 fully saturated rings. The minimum Gasteiger partial charge on any atom is -1.00 e. The van der Waals surface area contributed by atoms with Crippen LogP contribution in [0.3, 0.4) is 0 Å². The van der Waals surface area contributed by atoms with Gasteiger partial charge < -0.3 is 17.0 Å². The fourth-order valence-corrected chi connectivity index (χ4v) is 5.56. The van der Waals surface area contributed by atoms with Crippen molar-refractivity contribution in [3.05, 3.63) is 29.6 Å². The summed E-state index contributed by atoms with van der Waals surface area (Å²) in [6.07, 6.45) is 13.8. The van der Waals surface area contributed by atoms with Gasteiger partial charge in [0.2, 0.25) is 0 Å². The molecule has 1 heterocycles. The highest BCUT2D eigenvalue weighted by Crippen LogP contribution is 2.56. The van der Waals surface area contributed by atoms with Gasteiger partial charge in [-0.1, -0.05) is 0 Å². The van der Waals surface area contributed by atoms with Gasteiger partial charge in [0.25, 0.3) is 0 Å². The van der Waals surface area contributed by atoms with Crippen LogP contribution in [-0.2, 0) is 5.54 Å². The van der Waals surface area contributed by atoms with E-state index in [1.807, 2.05) is 0 Å². The molecule has 0 unspecified atom stereocenters. The van der Waals surface area contributed by atoms with Gasteiger partial charge in [-0.25, -0.2) is 0 Å². The average molecular weight is 322 g/mol. The maximum Gasteiger partial charge on any atom is 0.172 e. The van der Waals surface area contributed by atoms with E-state index in [9.17, 15) is 0 Å². The van der Waals surface area contributed by atoms with Gasteiger partial charge in [0.1, 0.15) is 0 Å². The number of nitrogens with zero attached hydrogens (tertiary/aromatic N) is 1. The van der Waals surface area contributed by atoms with Gasteiger partial charge in [-0.3, -0.25) is 0 Å². The Kier molecular flexibility index (Phi) is 3.28. The topological polar surface area (TPSA) is 3.88 Å². The highest BCUT2D eigenvalue weighted by atomic mass is 79.9. The lowest BCUT2D eigenvalue weighted by Crippen LogP contribution is -3.00. The molecule has 0 spiro atoms. The predicted octanol–water partition coefficient (Wildman–Crippen LogP) is 0.520. The van der Waals surface area contributed by atoms with E-state index < -0.39 is 0 Å². The molecule has 19 heavy (non-hydrogen) atoms. The second kappa shape index (κ2) is 4.58. The second-order valence-corrected chi connectivity index (χ2v) is 7.44. The molecule has 4 aliphatic rings. The van der Waals surface area contributed by atoms with Gasteiger partial charge in [0.15, 0.2) is 17.9 Å². The van der Waals surface area contributed by atoms with Crippen LogP contribution in [0.1, 0.15) is 49.7 Å².